The molecule has 0 radical (unpaired) electrons. The largest absolute Gasteiger partial charge is 0.487 e. The molecule has 3 N–H and O–H groups in total. The minimum absolute atomic E-state index is 0.0778. The van der Waals surface area contributed by atoms with Gasteiger partial charge in [-0.1, -0.05) is 49.4 Å². The fraction of sp³-hybridized carbons (Fsp3) is 0.562. The molecule has 39 heavy (non-hydrogen) atoms. The molecule has 1 spiro atoms. The van der Waals surface area contributed by atoms with Crippen molar-refractivity contribution < 1.29 is 19.4 Å². The zero-order valence-corrected chi connectivity index (χ0v) is 22.9. The summed E-state index contributed by atoms with van der Waals surface area (Å²) in [5.74, 6) is 0.535. The molecule has 3 fully saturated rings. The van der Waals surface area contributed by atoms with Gasteiger partial charge in [-0.3, -0.25) is 9.59 Å². The highest BCUT2D eigenvalue weighted by Gasteiger charge is 2.46. The van der Waals surface area contributed by atoms with Gasteiger partial charge in [-0.25, -0.2) is 0 Å². The van der Waals surface area contributed by atoms with Crippen molar-refractivity contribution >= 4 is 11.8 Å². The van der Waals surface area contributed by atoms with E-state index < -0.39 is 12.1 Å². The molecule has 2 amide bonds. The van der Waals surface area contributed by atoms with Crippen LogP contribution in [-0.4, -0.2) is 58.7 Å². The SMILES string of the molecule is CCc1ccc2c(c1)C(NCC(O)C(Cc1ccccc1)NC(=O)C1CC(=O)N(C3CC3)C1)CC1(CCC1)O2. The summed E-state index contributed by atoms with van der Waals surface area (Å²) in [5.41, 5.74) is 3.38. The lowest BCUT2D eigenvalue weighted by Gasteiger charge is -2.48. The number of nitrogens with zero attached hydrogens (tertiary/aromatic N) is 1. The molecule has 2 heterocycles. The standard InChI is InChI=1S/C32H41N3O4/c1-2-21-9-12-29-25(15-21)27(18-32(39-29)13-6-14-32)33-19-28(36)26(16-22-7-4-3-5-8-22)34-31(38)23-17-30(37)35(20-23)24-10-11-24/h3-5,7-9,12,15,23-24,26-28,33,36H,2,6,10-11,13-14,16-20H2,1H3,(H,34,38). The number of aryl methyl sites for hydroxylation is 1. The highest BCUT2D eigenvalue weighted by atomic mass is 16.5. The second-order valence-corrected chi connectivity index (χ2v) is 12.1. The molecule has 2 aromatic carbocycles. The van der Waals surface area contributed by atoms with E-state index >= 15 is 0 Å². The second kappa shape index (κ2) is 10.9. The number of aliphatic hydroxyl groups excluding tert-OH is 1. The van der Waals surface area contributed by atoms with Crippen LogP contribution in [0.5, 0.6) is 5.75 Å². The van der Waals surface area contributed by atoms with Gasteiger partial charge in [0.2, 0.25) is 11.8 Å². The number of amides is 2. The van der Waals surface area contributed by atoms with E-state index in [-0.39, 0.29) is 35.8 Å². The monoisotopic (exact) mass is 531 g/mol. The number of fused-ring (bicyclic) bond motifs is 1. The zero-order valence-electron chi connectivity index (χ0n) is 22.9. The van der Waals surface area contributed by atoms with E-state index in [2.05, 4.69) is 35.8 Å². The highest BCUT2D eigenvalue weighted by molar-refractivity contribution is 5.89. The third kappa shape index (κ3) is 5.71. The molecule has 208 valence electrons. The van der Waals surface area contributed by atoms with Crippen LogP contribution in [0.15, 0.2) is 48.5 Å². The fourth-order valence-corrected chi connectivity index (χ4v) is 6.50. The van der Waals surface area contributed by atoms with Crippen molar-refractivity contribution in [3.05, 3.63) is 65.2 Å². The van der Waals surface area contributed by atoms with Gasteiger partial charge in [0.25, 0.3) is 0 Å². The molecule has 2 aliphatic heterocycles. The summed E-state index contributed by atoms with van der Waals surface area (Å²) >= 11 is 0. The quantitative estimate of drug-likeness (QED) is 0.435. The van der Waals surface area contributed by atoms with E-state index in [0.29, 0.717) is 25.6 Å². The van der Waals surface area contributed by atoms with E-state index in [1.54, 1.807) is 0 Å². The van der Waals surface area contributed by atoms with Crippen LogP contribution in [0.2, 0.25) is 0 Å². The molecule has 2 saturated carbocycles. The number of ether oxygens (including phenoxy) is 1. The van der Waals surface area contributed by atoms with Crippen molar-refractivity contribution in [2.75, 3.05) is 13.1 Å². The van der Waals surface area contributed by atoms with Crippen molar-refractivity contribution in [3.8, 4) is 5.75 Å². The van der Waals surface area contributed by atoms with Crippen LogP contribution in [0, 0.1) is 5.92 Å². The van der Waals surface area contributed by atoms with Crippen LogP contribution in [0.3, 0.4) is 0 Å². The Kier molecular flexibility index (Phi) is 7.38. The Balaban J connectivity index is 1.15. The number of hydrogen-bond acceptors (Lipinski definition) is 5. The number of carbonyl (C=O) groups excluding carboxylic acids is 2. The predicted molar refractivity (Wildman–Crippen MR) is 149 cm³/mol. The summed E-state index contributed by atoms with van der Waals surface area (Å²) < 4.78 is 6.48. The summed E-state index contributed by atoms with van der Waals surface area (Å²) in [4.78, 5) is 27.7. The molecular weight excluding hydrogens is 490 g/mol. The van der Waals surface area contributed by atoms with Crippen LogP contribution in [-0.2, 0) is 22.4 Å². The first-order valence-electron chi connectivity index (χ1n) is 14.8. The molecule has 7 heteroatoms. The van der Waals surface area contributed by atoms with Gasteiger partial charge in [-0.15, -0.1) is 0 Å². The number of benzene rings is 2. The number of rotatable bonds is 10. The van der Waals surface area contributed by atoms with Gasteiger partial charge in [-0.05, 0) is 62.1 Å². The smallest absolute Gasteiger partial charge is 0.225 e. The third-order valence-electron chi connectivity index (χ3n) is 9.21. The Labute approximate surface area is 231 Å². The number of aliphatic hydroxyl groups is 1. The maximum absolute atomic E-state index is 13.3. The first-order valence-corrected chi connectivity index (χ1v) is 14.8. The lowest BCUT2D eigenvalue weighted by atomic mass is 9.72. The van der Waals surface area contributed by atoms with Gasteiger partial charge in [-0.2, -0.15) is 0 Å². The average molecular weight is 532 g/mol. The molecule has 0 aromatic heterocycles. The fourth-order valence-electron chi connectivity index (χ4n) is 6.50. The lowest BCUT2D eigenvalue weighted by molar-refractivity contribution is -0.129. The number of likely N-dealkylation sites (tertiary alicyclic amines) is 1. The van der Waals surface area contributed by atoms with E-state index in [1.807, 2.05) is 35.2 Å². The first kappa shape index (κ1) is 26.3. The van der Waals surface area contributed by atoms with Crippen LogP contribution < -0.4 is 15.4 Å². The van der Waals surface area contributed by atoms with Gasteiger partial charge in [0.15, 0.2) is 0 Å². The van der Waals surface area contributed by atoms with Crippen LogP contribution in [0.1, 0.15) is 74.6 Å². The number of nitrogens with one attached hydrogen (secondary N) is 2. The average Bonchev–Trinajstić information content (AvgIpc) is 3.70. The normalized spacial score (nSPS) is 25.0. The Bertz CT molecular complexity index is 1190. The van der Waals surface area contributed by atoms with Crippen molar-refractivity contribution in [2.24, 2.45) is 5.92 Å². The Morgan fingerprint density at radius 1 is 1.15 bits per heavy atom. The number of carbonyl (C=O) groups is 2. The Hall–Kier alpha value is -2.90. The van der Waals surface area contributed by atoms with Crippen molar-refractivity contribution in [3.63, 3.8) is 0 Å². The van der Waals surface area contributed by atoms with E-state index in [9.17, 15) is 14.7 Å². The predicted octanol–water partition coefficient (Wildman–Crippen LogP) is 3.68. The Morgan fingerprint density at radius 3 is 2.64 bits per heavy atom. The molecular formula is C32H41N3O4. The minimum Gasteiger partial charge on any atom is -0.487 e. The highest BCUT2D eigenvalue weighted by Crippen LogP contribution is 2.49. The Morgan fingerprint density at radius 2 is 1.95 bits per heavy atom. The summed E-state index contributed by atoms with van der Waals surface area (Å²) in [6.45, 7) is 3.00. The van der Waals surface area contributed by atoms with Crippen molar-refractivity contribution in [2.45, 2.75) is 94.5 Å². The second-order valence-electron chi connectivity index (χ2n) is 12.1. The molecule has 2 aromatic rings. The van der Waals surface area contributed by atoms with E-state index in [0.717, 1.165) is 55.4 Å². The molecule has 2 aliphatic carbocycles. The summed E-state index contributed by atoms with van der Waals surface area (Å²) in [5, 5.41) is 18.3. The molecule has 4 aliphatic rings. The zero-order chi connectivity index (χ0) is 27.0. The first-order chi connectivity index (χ1) is 18.9. The summed E-state index contributed by atoms with van der Waals surface area (Å²) in [6, 6.07) is 16.4. The maximum Gasteiger partial charge on any atom is 0.225 e. The van der Waals surface area contributed by atoms with Crippen LogP contribution >= 0.6 is 0 Å². The minimum atomic E-state index is -0.788. The molecule has 4 unspecified atom stereocenters. The topological polar surface area (TPSA) is 90.9 Å². The molecule has 1 saturated heterocycles. The number of hydrogen-bond donors (Lipinski definition) is 3. The van der Waals surface area contributed by atoms with Gasteiger partial charge in [0.05, 0.1) is 18.1 Å². The maximum atomic E-state index is 13.3. The summed E-state index contributed by atoms with van der Waals surface area (Å²) in [7, 11) is 0. The lowest BCUT2D eigenvalue weighted by Crippen LogP contribution is -2.53. The van der Waals surface area contributed by atoms with Crippen LogP contribution in [0.4, 0.5) is 0 Å². The molecule has 4 atom stereocenters. The third-order valence-corrected chi connectivity index (χ3v) is 9.21. The van der Waals surface area contributed by atoms with E-state index in [4.69, 9.17) is 4.74 Å². The molecule has 7 nitrogen and oxygen atoms in total. The van der Waals surface area contributed by atoms with Crippen LogP contribution in [0.25, 0.3) is 0 Å². The summed E-state index contributed by atoms with van der Waals surface area (Å²) in [6.07, 6.45) is 7.23. The van der Waals surface area contributed by atoms with Gasteiger partial charge in [0, 0.05) is 43.6 Å². The van der Waals surface area contributed by atoms with Crippen molar-refractivity contribution in [1.82, 2.24) is 15.5 Å². The van der Waals surface area contributed by atoms with Gasteiger partial charge in [0.1, 0.15) is 11.4 Å². The van der Waals surface area contributed by atoms with Gasteiger partial charge >= 0.3 is 0 Å². The van der Waals surface area contributed by atoms with E-state index in [1.165, 1.54) is 12.0 Å². The molecule has 6 rings (SSSR count). The molecule has 0 bridgehead atoms. The van der Waals surface area contributed by atoms with Crippen molar-refractivity contribution in [1.29, 1.82) is 0 Å². The van der Waals surface area contributed by atoms with Gasteiger partial charge < -0.3 is 25.4 Å².